The fraction of sp³-hybridized carbons (Fsp3) is 0.350. The number of halogens is 3. The summed E-state index contributed by atoms with van der Waals surface area (Å²) in [7, 11) is -3.97. The van der Waals surface area contributed by atoms with E-state index in [0.717, 1.165) is 35.4 Å². The fourth-order valence-corrected chi connectivity index (χ4v) is 3.50. The molecule has 0 aliphatic rings. The molecule has 0 heterocycles. The zero-order valence-electron chi connectivity index (χ0n) is 16.7. The first-order valence-electron chi connectivity index (χ1n) is 9.37. The Bertz CT molecular complexity index is 946. The van der Waals surface area contributed by atoms with Gasteiger partial charge in [-0.25, -0.2) is 13.1 Å². The maximum Gasteiger partial charge on any atom is 0.573 e. The van der Waals surface area contributed by atoms with Gasteiger partial charge in [0.15, 0.2) is 0 Å². The average molecular weight is 460 g/mol. The van der Waals surface area contributed by atoms with Crippen molar-refractivity contribution in [2.24, 2.45) is 0 Å². The number of nitrogens with one attached hydrogen (secondary N) is 2. The van der Waals surface area contributed by atoms with Crippen molar-refractivity contribution in [1.29, 1.82) is 0 Å². The van der Waals surface area contributed by atoms with Crippen molar-refractivity contribution < 1.29 is 35.9 Å². The molecule has 0 atom stereocenters. The van der Waals surface area contributed by atoms with Crippen LogP contribution in [0.4, 0.5) is 13.2 Å². The van der Waals surface area contributed by atoms with E-state index in [9.17, 15) is 26.4 Å². The number of carbonyl (C=O) groups excluding carboxylic acids is 1. The summed E-state index contributed by atoms with van der Waals surface area (Å²) in [5, 5.41) is 2.69. The lowest BCUT2D eigenvalue weighted by molar-refractivity contribution is -0.274. The van der Waals surface area contributed by atoms with Gasteiger partial charge in [-0.3, -0.25) is 4.79 Å². The van der Waals surface area contributed by atoms with E-state index in [-0.39, 0.29) is 23.8 Å². The van der Waals surface area contributed by atoms with Crippen LogP contribution in [0.25, 0.3) is 0 Å². The summed E-state index contributed by atoms with van der Waals surface area (Å²) in [6, 6.07) is 11.3. The molecule has 2 aromatic carbocycles. The van der Waals surface area contributed by atoms with Crippen LogP contribution in [0.2, 0.25) is 0 Å². The minimum Gasteiger partial charge on any atom is -0.406 e. The summed E-state index contributed by atoms with van der Waals surface area (Å²) >= 11 is 0. The molecule has 0 aromatic heterocycles. The van der Waals surface area contributed by atoms with Gasteiger partial charge in [0.25, 0.3) is 0 Å². The Labute approximate surface area is 178 Å². The molecule has 11 heteroatoms. The quantitative estimate of drug-likeness (QED) is 0.538. The van der Waals surface area contributed by atoms with Gasteiger partial charge in [0.05, 0.1) is 11.5 Å². The van der Waals surface area contributed by atoms with Crippen molar-refractivity contribution in [3.63, 3.8) is 0 Å². The fourth-order valence-electron chi connectivity index (χ4n) is 2.47. The minimum absolute atomic E-state index is 0.100. The molecule has 0 radical (unpaired) electrons. The lowest BCUT2D eigenvalue weighted by Gasteiger charge is -2.10. The summed E-state index contributed by atoms with van der Waals surface area (Å²) < 4.78 is 72.1. The molecule has 2 rings (SSSR count). The lowest BCUT2D eigenvalue weighted by Crippen LogP contribution is -2.30. The molecule has 0 fully saturated rings. The molecule has 0 aliphatic heterocycles. The van der Waals surface area contributed by atoms with E-state index >= 15 is 0 Å². The summed E-state index contributed by atoms with van der Waals surface area (Å²) in [6.45, 7) is 3.18. The van der Waals surface area contributed by atoms with Crippen molar-refractivity contribution in [2.45, 2.75) is 37.8 Å². The lowest BCUT2D eigenvalue weighted by atomic mass is 10.1. The van der Waals surface area contributed by atoms with E-state index in [0.29, 0.717) is 19.8 Å². The Balaban J connectivity index is 1.76. The van der Waals surface area contributed by atoms with Crippen LogP contribution in [0.3, 0.4) is 0 Å². The molecular weight excluding hydrogens is 437 g/mol. The monoisotopic (exact) mass is 460 g/mol. The van der Waals surface area contributed by atoms with Crippen LogP contribution < -0.4 is 14.8 Å². The van der Waals surface area contributed by atoms with E-state index in [1.807, 2.05) is 31.2 Å². The molecule has 0 spiro atoms. The Kier molecular flexibility index (Phi) is 8.84. The molecule has 31 heavy (non-hydrogen) atoms. The molecule has 0 bridgehead atoms. The number of ether oxygens (including phenoxy) is 2. The number of benzene rings is 2. The van der Waals surface area contributed by atoms with Crippen LogP contribution in [-0.2, 0) is 32.7 Å². The van der Waals surface area contributed by atoms with Crippen LogP contribution in [0, 0.1) is 0 Å². The summed E-state index contributed by atoms with van der Waals surface area (Å²) in [5.74, 6) is -0.883. The Morgan fingerprint density at radius 2 is 1.61 bits per heavy atom. The molecule has 0 aliphatic carbocycles. The topological polar surface area (TPSA) is 93.7 Å². The molecule has 0 unspecified atom stereocenters. The Morgan fingerprint density at radius 3 is 2.19 bits per heavy atom. The van der Waals surface area contributed by atoms with Gasteiger partial charge >= 0.3 is 6.36 Å². The van der Waals surface area contributed by atoms with Crippen molar-refractivity contribution in [1.82, 2.24) is 10.0 Å². The van der Waals surface area contributed by atoms with Crippen molar-refractivity contribution in [3.05, 3.63) is 59.7 Å². The molecule has 170 valence electrons. The van der Waals surface area contributed by atoms with Crippen molar-refractivity contribution in [2.75, 3.05) is 13.2 Å². The number of amides is 1. The van der Waals surface area contributed by atoms with Crippen LogP contribution in [0.5, 0.6) is 5.75 Å². The van der Waals surface area contributed by atoms with Crippen LogP contribution >= 0.6 is 0 Å². The van der Waals surface area contributed by atoms with Gasteiger partial charge in [-0.1, -0.05) is 24.3 Å². The number of sulfonamides is 1. The van der Waals surface area contributed by atoms with E-state index in [2.05, 4.69) is 14.8 Å². The number of hydrogen-bond acceptors (Lipinski definition) is 5. The van der Waals surface area contributed by atoms with E-state index in [1.54, 1.807) is 0 Å². The number of alkyl halides is 3. The summed E-state index contributed by atoms with van der Waals surface area (Å²) in [6.07, 6.45) is -4.96. The predicted octanol–water partition coefficient (Wildman–Crippen LogP) is 3.11. The van der Waals surface area contributed by atoms with E-state index in [1.165, 1.54) is 0 Å². The minimum atomic E-state index is -4.86. The standard InChI is InChI=1S/C20H23F3N2O5S/c1-2-29-14-16-5-3-15(4-6-16)13-24-19(26)11-12-25-31(27,28)18-9-7-17(8-10-18)30-20(21,22)23/h3-10,25H,2,11-14H2,1H3,(H,24,26). The first-order chi connectivity index (χ1) is 14.6. The maximum atomic E-state index is 12.2. The second-order valence-corrected chi connectivity index (χ2v) is 8.16. The van der Waals surface area contributed by atoms with Crippen LogP contribution in [-0.4, -0.2) is 33.8 Å². The van der Waals surface area contributed by atoms with Gasteiger partial charge in [-0.05, 0) is 42.3 Å². The number of carbonyl (C=O) groups is 1. The second kappa shape index (κ2) is 11.1. The highest BCUT2D eigenvalue weighted by Gasteiger charge is 2.31. The smallest absolute Gasteiger partial charge is 0.406 e. The summed E-state index contributed by atoms with van der Waals surface area (Å²) in [5.41, 5.74) is 1.90. The highest BCUT2D eigenvalue weighted by Crippen LogP contribution is 2.23. The molecule has 1 amide bonds. The van der Waals surface area contributed by atoms with Crippen molar-refractivity contribution >= 4 is 15.9 Å². The predicted molar refractivity (Wildman–Crippen MR) is 107 cm³/mol. The first-order valence-corrected chi connectivity index (χ1v) is 10.8. The summed E-state index contributed by atoms with van der Waals surface area (Å²) in [4.78, 5) is 11.7. The molecule has 2 N–H and O–H groups in total. The molecule has 7 nitrogen and oxygen atoms in total. The van der Waals surface area contributed by atoms with Gasteiger partial charge in [-0.15, -0.1) is 13.2 Å². The van der Waals surface area contributed by atoms with E-state index < -0.39 is 22.1 Å². The molecular formula is C20H23F3N2O5S. The third-order valence-electron chi connectivity index (χ3n) is 4.00. The van der Waals surface area contributed by atoms with Crippen LogP contribution in [0.1, 0.15) is 24.5 Å². The highest BCUT2D eigenvalue weighted by molar-refractivity contribution is 7.89. The van der Waals surface area contributed by atoms with Gasteiger partial charge in [0.2, 0.25) is 15.9 Å². The highest BCUT2D eigenvalue weighted by atomic mass is 32.2. The Hall–Kier alpha value is -2.63. The van der Waals surface area contributed by atoms with Gasteiger partial charge in [-0.2, -0.15) is 0 Å². The third-order valence-corrected chi connectivity index (χ3v) is 5.47. The van der Waals surface area contributed by atoms with E-state index in [4.69, 9.17) is 4.74 Å². The molecule has 0 saturated heterocycles. The second-order valence-electron chi connectivity index (χ2n) is 6.40. The number of rotatable bonds is 11. The van der Waals surface area contributed by atoms with Gasteiger partial charge < -0.3 is 14.8 Å². The Morgan fingerprint density at radius 1 is 1.00 bits per heavy atom. The third kappa shape index (κ3) is 8.95. The SMILES string of the molecule is CCOCc1ccc(CNC(=O)CCNS(=O)(=O)c2ccc(OC(F)(F)F)cc2)cc1. The normalized spacial score (nSPS) is 11.9. The van der Waals surface area contributed by atoms with Gasteiger partial charge in [0, 0.05) is 26.1 Å². The van der Waals surface area contributed by atoms with Gasteiger partial charge in [0.1, 0.15) is 5.75 Å². The molecule has 2 aromatic rings. The number of hydrogen-bond donors (Lipinski definition) is 2. The molecule has 0 saturated carbocycles. The first kappa shape index (κ1) is 24.6. The zero-order valence-corrected chi connectivity index (χ0v) is 17.6. The maximum absolute atomic E-state index is 12.2. The average Bonchev–Trinajstić information content (AvgIpc) is 2.70. The van der Waals surface area contributed by atoms with Crippen LogP contribution in [0.15, 0.2) is 53.4 Å². The van der Waals surface area contributed by atoms with Crippen molar-refractivity contribution in [3.8, 4) is 5.75 Å². The zero-order chi connectivity index (χ0) is 22.9. The largest absolute Gasteiger partial charge is 0.573 e.